The molecule has 1 N–H and O–H groups in total. The minimum atomic E-state index is -0.931. The van der Waals surface area contributed by atoms with Crippen molar-refractivity contribution in [1.29, 1.82) is 0 Å². The number of ether oxygens (including phenoxy) is 1. The number of methoxy groups -OCH3 is 1. The van der Waals surface area contributed by atoms with E-state index in [0.29, 0.717) is 6.04 Å². The molecule has 0 unspecified atom stereocenters. The van der Waals surface area contributed by atoms with Crippen LogP contribution in [0.3, 0.4) is 0 Å². The van der Waals surface area contributed by atoms with Crippen molar-refractivity contribution in [2.45, 2.75) is 51.2 Å². The Bertz CT molecular complexity index is 1640. The highest BCUT2D eigenvalue weighted by Crippen LogP contribution is 2.36. The predicted molar refractivity (Wildman–Crippen MR) is 164 cm³/mol. The molecule has 6 rings (SSSR count). The molecule has 0 amide bonds. The van der Waals surface area contributed by atoms with E-state index in [2.05, 4.69) is 70.1 Å². The first kappa shape index (κ1) is 26.6. The summed E-state index contributed by atoms with van der Waals surface area (Å²) in [5.74, 6) is 0.818. The van der Waals surface area contributed by atoms with Crippen LogP contribution in [0.25, 0.3) is 22.4 Å². The lowest BCUT2D eigenvalue weighted by atomic mass is 9.94. The number of hydrogen-bond acceptors (Lipinski definition) is 4. The zero-order valence-corrected chi connectivity index (χ0v) is 23.4. The second kappa shape index (κ2) is 11.9. The summed E-state index contributed by atoms with van der Waals surface area (Å²) in [6.07, 6.45) is 5.89. The van der Waals surface area contributed by atoms with Crippen molar-refractivity contribution in [3.63, 3.8) is 0 Å². The molecule has 1 aromatic heterocycles. The highest BCUT2D eigenvalue weighted by atomic mass is 16.5. The summed E-state index contributed by atoms with van der Waals surface area (Å²) in [5.41, 5.74) is 6.61. The molecule has 208 valence electrons. The van der Waals surface area contributed by atoms with Crippen LogP contribution in [0.15, 0.2) is 97.1 Å². The van der Waals surface area contributed by atoms with Gasteiger partial charge in [0.05, 0.1) is 23.7 Å². The number of carboxylic acids is 1. The van der Waals surface area contributed by atoms with Gasteiger partial charge in [-0.05, 0) is 72.5 Å². The highest BCUT2D eigenvalue weighted by Gasteiger charge is 2.23. The van der Waals surface area contributed by atoms with E-state index in [1.54, 1.807) is 19.2 Å². The topological polar surface area (TPSA) is 67.6 Å². The van der Waals surface area contributed by atoms with E-state index < -0.39 is 5.97 Å². The SMILES string of the molecule is COc1ccc(N(Cc2ccccc2)Cc2cccc(-c3nc4cc(C(=O)O)ccc4n3C3CCCCC3)c2)cc1. The summed E-state index contributed by atoms with van der Waals surface area (Å²) in [5, 5.41) is 9.59. The van der Waals surface area contributed by atoms with E-state index in [1.807, 2.05) is 24.3 Å². The Hall–Kier alpha value is -4.58. The summed E-state index contributed by atoms with van der Waals surface area (Å²) >= 11 is 0. The minimum Gasteiger partial charge on any atom is -0.497 e. The number of carboxylic acid groups (broad SMARTS) is 1. The van der Waals surface area contributed by atoms with E-state index in [-0.39, 0.29) is 5.56 Å². The van der Waals surface area contributed by atoms with Crippen LogP contribution in [0, 0.1) is 0 Å². The van der Waals surface area contributed by atoms with Crippen LogP contribution in [0.1, 0.15) is 59.6 Å². The van der Waals surface area contributed by atoms with Crippen LogP contribution in [0.2, 0.25) is 0 Å². The maximum absolute atomic E-state index is 11.7. The van der Waals surface area contributed by atoms with Crippen LogP contribution in [0.5, 0.6) is 5.75 Å². The smallest absolute Gasteiger partial charge is 0.335 e. The molecule has 6 heteroatoms. The molecule has 4 aromatic carbocycles. The summed E-state index contributed by atoms with van der Waals surface area (Å²) < 4.78 is 7.76. The van der Waals surface area contributed by atoms with Gasteiger partial charge in [-0.3, -0.25) is 0 Å². The number of aromatic nitrogens is 2. The number of nitrogens with zero attached hydrogens (tertiary/aromatic N) is 3. The van der Waals surface area contributed by atoms with Crippen molar-refractivity contribution in [3.8, 4) is 17.1 Å². The van der Waals surface area contributed by atoms with E-state index in [4.69, 9.17) is 9.72 Å². The van der Waals surface area contributed by atoms with Crippen LogP contribution < -0.4 is 9.64 Å². The number of carbonyl (C=O) groups is 1. The molecule has 1 fully saturated rings. The van der Waals surface area contributed by atoms with Crippen molar-refractivity contribution in [2.75, 3.05) is 12.0 Å². The highest BCUT2D eigenvalue weighted by molar-refractivity contribution is 5.93. The van der Waals surface area contributed by atoms with E-state index in [0.717, 1.165) is 59.8 Å². The molecule has 1 aliphatic carbocycles. The molecule has 0 saturated heterocycles. The molecule has 0 bridgehead atoms. The largest absolute Gasteiger partial charge is 0.497 e. The molecule has 6 nitrogen and oxygen atoms in total. The predicted octanol–water partition coefficient (Wildman–Crippen LogP) is 8.12. The van der Waals surface area contributed by atoms with Gasteiger partial charge >= 0.3 is 5.97 Å². The third kappa shape index (κ3) is 5.82. The van der Waals surface area contributed by atoms with E-state index in [1.165, 1.54) is 30.4 Å². The van der Waals surface area contributed by atoms with Crippen molar-refractivity contribution >= 4 is 22.7 Å². The van der Waals surface area contributed by atoms with Gasteiger partial charge in [-0.2, -0.15) is 0 Å². The standard InChI is InChI=1S/C35H35N3O3/c1-41-31-18-16-29(17-19-31)37(23-25-9-4-2-5-10-25)24-26-11-8-12-27(21-26)34-36-32-22-28(35(39)40)15-20-33(32)38(34)30-13-6-3-7-14-30/h2,4-5,8-12,15-22,30H,3,6-7,13-14,23-24H2,1H3,(H,39,40). The monoisotopic (exact) mass is 545 g/mol. The molecule has 0 aliphatic heterocycles. The second-order valence-electron chi connectivity index (χ2n) is 10.8. The lowest BCUT2D eigenvalue weighted by Gasteiger charge is -2.27. The van der Waals surface area contributed by atoms with Crippen LogP contribution in [0.4, 0.5) is 5.69 Å². The fourth-order valence-electron chi connectivity index (χ4n) is 6.01. The lowest BCUT2D eigenvalue weighted by molar-refractivity contribution is 0.0697. The Labute approximate surface area is 240 Å². The molecular weight excluding hydrogens is 510 g/mol. The van der Waals surface area contributed by atoms with Gasteiger partial charge in [0, 0.05) is 30.4 Å². The fourth-order valence-corrected chi connectivity index (χ4v) is 6.01. The molecule has 1 saturated carbocycles. The second-order valence-corrected chi connectivity index (χ2v) is 10.8. The zero-order chi connectivity index (χ0) is 28.2. The van der Waals surface area contributed by atoms with Gasteiger partial charge in [0.1, 0.15) is 11.6 Å². The van der Waals surface area contributed by atoms with Crippen LogP contribution >= 0.6 is 0 Å². The number of anilines is 1. The first-order chi connectivity index (χ1) is 20.1. The van der Waals surface area contributed by atoms with Gasteiger partial charge in [-0.25, -0.2) is 9.78 Å². The van der Waals surface area contributed by atoms with Crippen molar-refractivity contribution in [3.05, 3.63) is 114 Å². The van der Waals surface area contributed by atoms with Crippen molar-refractivity contribution in [2.24, 2.45) is 0 Å². The molecule has 41 heavy (non-hydrogen) atoms. The molecule has 5 aromatic rings. The Morgan fingerprint density at radius 1 is 0.878 bits per heavy atom. The summed E-state index contributed by atoms with van der Waals surface area (Å²) in [7, 11) is 1.69. The molecule has 0 radical (unpaired) electrons. The Morgan fingerprint density at radius 3 is 2.34 bits per heavy atom. The molecular formula is C35H35N3O3. The quantitative estimate of drug-likeness (QED) is 0.203. The maximum Gasteiger partial charge on any atom is 0.335 e. The molecule has 0 atom stereocenters. The summed E-state index contributed by atoms with van der Waals surface area (Å²) in [4.78, 5) is 19.1. The first-order valence-corrected chi connectivity index (χ1v) is 14.4. The Balaban J connectivity index is 1.38. The van der Waals surface area contributed by atoms with Gasteiger partial charge in [0.2, 0.25) is 0 Å². The number of aromatic carboxylic acids is 1. The number of hydrogen-bond donors (Lipinski definition) is 1. The average molecular weight is 546 g/mol. The van der Waals surface area contributed by atoms with Crippen LogP contribution in [-0.2, 0) is 13.1 Å². The number of benzene rings is 4. The molecule has 1 aliphatic rings. The Kier molecular flexibility index (Phi) is 7.72. The van der Waals surface area contributed by atoms with Crippen molar-refractivity contribution in [1.82, 2.24) is 9.55 Å². The summed E-state index contributed by atoms with van der Waals surface area (Å²) in [6, 6.07) is 33.0. The first-order valence-electron chi connectivity index (χ1n) is 14.4. The number of fused-ring (bicyclic) bond motifs is 1. The number of imidazole rings is 1. The minimum absolute atomic E-state index is 0.266. The van der Waals surface area contributed by atoms with Gasteiger partial charge in [-0.1, -0.05) is 67.8 Å². The lowest BCUT2D eigenvalue weighted by Crippen LogP contribution is -2.22. The molecule has 1 heterocycles. The number of rotatable bonds is 9. The van der Waals surface area contributed by atoms with Gasteiger partial charge in [0.15, 0.2) is 0 Å². The van der Waals surface area contributed by atoms with Crippen LogP contribution in [-0.4, -0.2) is 27.7 Å². The third-order valence-corrected chi connectivity index (χ3v) is 8.09. The van der Waals surface area contributed by atoms with E-state index >= 15 is 0 Å². The Morgan fingerprint density at radius 2 is 1.61 bits per heavy atom. The maximum atomic E-state index is 11.7. The van der Waals surface area contributed by atoms with Gasteiger partial charge < -0.3 is 19.3 Å². The fraction of sp³-hybridized carbons (Fsp3) is 0.257. The normalized spacial score (nSPS) is 13.8. The van der Waals surface area contributed by atoms with Gasteiger partial charge in [-0.15, -0.1) is 0 Å². The molecule has 0 spiro atoms. The van der Waals surface area contributed by atoms with E-state index in [9.17, 15) is 9.90 Å². The van der Waals surface area contributed by atoms with Crippen molar-refractivity contribution < 1.29 is 14.6 Å². The third-order valence-electron chi connectivity index (χ3n) is 8.09. The summed E-state index contributed by atoms with van der Waals surface area (Å²) in [6.45, 7) is 1.50. The van der Waals surface area contributed by atoms with Gasteiger partial charge in [0.25, 0.3) is 0 Å². The zero-order valence-electron chi connectivity index (χ0n) is 23.4. The average Bonchev–Trinajstić information content (AvgIpc) is 3.41.